The zero-order valence-electron chi connectivity index (χ0n) is 20.9. The van der Waals surface area contributed by atoms with E-state index in [1.807, 2.05) is 45.2 Å². The first-order valence-corrected chi connectivity index (χ1v) is 12.8. The number of carbonyl (C=O) groups excluding carboxylic acids is 2. The largest absolute Gasteiger partial charge is 0.456 e. The Morgan fingerprint density at radius 3 is 2.18 bits per heavy atom. The molecule has 34 heavy (non-hydrogen) atoms. The van der Waals surface area contributed by atoms with Gasteiger partial charge in [-0.15, -0.1) is 0 Å². The summed E-state index contributed by atoms with van der Waals surface area (Å²) in [4.78, 5) is 36.3. The second-order valence-corrected chi connectivity index (χ2v) is 10.7. The Kier molecular flexibility index (Phi) is 7.90. The molecule has 1 atom stereocenters. The number of piperazine rings is 1. The molecule has 0 bridgehead atoms. The summed E-state index contributed by atoms with van der Waals surface area (Å²) in [5.74, 6) is -0.639. The molecule has 3 fully saturated rings. The number of rotatable bonds is 7. The van der Waals surface area contributed by atoms with Crippen molar-refractivity contribution in [2.24, 2.45) is 5.92 Å². The van der Waals surface area contributed by atoms with Gasteiger partial charge in [-0.3, -0.25) is 9.69 Å². The molecule has 3 aliphatic rings. The number of carbonyl (C=O) groups is 1. The van der Waals surface area contributed by atoms with E-state index in [1.54, 1.807) is 0 Å². The van der Waals surface area contributed by atoms with E-state index in [1.165, 1.54) is 0 Å². The Balaban J connectivity index is 1.60. The van der Waals surface area contributed by atoms with Crippen molar-refractivity contribution in [1.82, 2.24) is 14.8 Å². The van der Waals surface area contributed by atoms with Crippen LogP contribution in [0.4, 0.5) is 5.82 Å². The Labute approximate surface area is 203 Å². The highest BCUT2D eigenvalue weighted by Gasteiger charge is 2.55. The maximum Gasteiger partial charge on any atom is 0.371 e. The minimum absolute atomic E-state index is 0.0236. The standard InChI is InChI=1S/C26H39N4O4/c1-25(2,3)34-24(32)26(29-14-6-7-15-29,33-22-11-9-21(20-31)10-12-22)30-18-16-28(17-19-30)23-8-4-5-13-27-23/h4-5,8,13,21-22H,6-7,9-12,14-19H2,1-3H3/t21-,22-,26?. The molecule has 1 unspecified atom stereocenters. The molecule has 3 heterocycles. The van der Waals surface area contributed by atoms with Crippen LogP contribution in [0.15, 0.2) is 24.4 Å². The average Bonchev–Trinajstić information content (AvgIpc) is 3.38. The third-order valence-corrected chi connectivity index (χ3v) is 7.05. The Bertz CT molecular complexity index is 808. The monoisotopic (exact) mass is 471 g/mol. The molecule has 1 saturated carbocycles. The third-order valence-electron chi connectivity index (χ3n) is 7.05. The minimum atomic E-state index is -1.25. The smallest absolute Gasteiger partial charge is 0.371 e. The van der Waals surface area contributed by atoms with E-state index in [2.05, 4.69) is 26.0 Å². The van der Waals surface area contributed by atoms with Crippen LogP contribution in [-0.2, 0) is 19.1 Å². The van der Waals surface area contributed by atoms with Crippen LogP contribution in [0.5, 0.6) is 0 Å². The summed E-state index contributed by atoms with van der Waals surface area (Å²) in [7, 11) is 0. The summed E-state index contributed by atoms with van der Waals surface area (Å²) in [5.41, 5.74) is -0.620. The minimum Gasteiger partial charge on any atom is -0.456 e. The molecule has 0 N–H and O–H groups in total. The van der Waals surface area contributed by atoms with Crippen molar-refractivity contribution in [2.75, 3.05) is 44.2 Å². The number of aromatic nitrogens is 1. The lowest BCUT2D eigenvalue weighted by Gasteiger charge is -2.51. The molecule has 1 aromatic rings. The highest BCUT2D eigenvalue weighted by atomic mass is 16.6. The zero-order valence-corrected chi connectivity index (χ0v) is 20.9. The van der Waals surface area contributed by atoms with Gasteiger partial charge in [0.05, 0.1) is 6.10 Å². The van der Waals surface area contributed by atoms with Crippen LogP contribution in [0.25, 0.3) is 0 Å². The first-order valence-electron chi connectivity index (χ1n) is 12.8. The Hall–Kier alpha value is -2.03. The van der Waals surface area contributed by atoms with Crippen LogP contribution in [0.3, 0.4) is 0 Å². The van der Waals surface area contributed by atoms with Crippen molar-refractivity contribution < 1.29 is 19.1 Å². The summed E-state index contributed by atoms with van der Waals surface area (Å²) in [6.45, 7) is 10.2. The van der Waals surface area contributed by atoms with Crippen molar-refractivity contribution in [3.8, 4) is 0 Å². The van der Waals surface area contributed by atoms with Gasteiger partial charge in [-0.1, -0.05) is 6.07 Å². The molecule has 187 valence electrons. The van der Waals surface area contributed by atoms with E-state index >= 15 is 0 Å². The highest BCUT2D eigenvalue weighted by Crippen LogP contribution is 2.36. The number of anilines is 1. The molecule has 0 amide bonds. The molecular weight excluding hydrogens is 432 g/mol. The predicted octanol–water partition coefficient (Wildman–Crippen LogP) is 2.98. The van der Waals surface area contributed by atoms with Gasteiger partial charge in [0.25, 0.3) is 5.85 Å². The quantitative estimate of drug-likeness (QED) is 0.562. The van der Waals surface area contributed by atoms with E-state index in [4.69, 9.17) is 9.47 Å². The van der Waals surface area contributed by atoms with Gasteiger partial charge in [0, 0.05) is 51.4 Å². The van der Waals surface area contributed by atoms with Gasteiger partial charge >= 0.3 is 5.97 Å². The number of nitrogens with zero attached hydrogens (tertiary/aromatic N) is 4. The maximum atomic E-state index is 14.0. The van der Waals surface area contributed by atoms with Crippen molar-refractivity contribution in [3.63, 3.8) is 0 Å². The molecule has 0 spiro atoms. The molecule has 2 aliphatic heterocycles. The number of ether oxygens (including phenoxy) is 2. The van der Waals surface area contributed by atoms with Crippen molar-refractivity contribution in [3.05, 3.63) is 24.4 Å². The fourth-order valence-electron chi connectivity index (χ4n) is 5.33. The number of hydrogen-bond acceptors (Lipinski definition) is 8. The van der Waals surface area contributed by atoms with Crippen molar-refractivity contribution in [2.45, 2.75) is 76.9 Å². The third kappa shape index (κ3) is 5.61. The lowest BCUT2D eigenvalue weighted by molar-refractivity contribution is -0.278. The molecule has 8 nitrogen and oxygen atoms in total. The van der Waals surface area contributed by atoms with Crippen LogP contribution in [0, 0.1) is 5.92 Å². The van der Waals surface area contributed by atoms with E-state index in [9.17, 15) is 9.59 Å². The van der Waals surface area contributed by atoms with Crippen LogP contribution in [-0.4, -0.2) is 83.9 Å². The van der Waals surface area contributed by atoms with Gasteiger partial charge < -0.3 is 14.4 Å². The lowest BCUT2D eigenvalue weighted by atomic mass is 9.88. The van der Waals surface area contributed by atoms with E-state index < -0.39 is 11.4 Å². The number of esters is 1. The fraction of sp³-hybridized carbons (Fsp3) is 0.731. The summed E-state index contributed by atoms with van der Waals surface area (Å²) < 4.78 is 12.9. The van der Waals surface area contributed by atoms with Crippen LogP contribution in [0.2, 0.25) is 0 Å². The van der Waals surface area contributed by atoms with Gasteiger partial charge in [0.1, 0.15) is 11.4 Å². The zero-order chi connectivity index (χ0) is 24.2. The summed E-state index contributed by atoms with van der Waals surface area (Å²) in [6, 6.07) is 5.95. The maximum absolute atomic E-state index is 14.0. The molecule has 1 aromatic heterocycles. The van der Waals surface area contributed by atoms with Crippen LogP contribution >= 0.6 is 0 Å². The predicted molar refractivity (Wildman–Crippen MR) is 130 cm³/mol. The van der Waals surface area contributed by atoms with Crippen molar-refractivity contribution >= 4 is 18.1 Å². The molecule has 8 heteroatoms. The Morgan fingerprint density at radius 2 is 1.62 bits per heavy atom. The first kappa shape index (κ1) is 25.1. The molecule has 1 aliphatic carbocycles. The molecule has 4 rings (SSSR count). The molecule has 2 saturated heterocycles. The first-order chi connectivity index (χ1) is 16.3. The van der Waals surface area contributed by atoms with Crippen LogP contribution in [0.1, 0.15) is 59.3 Å². The van der Waals surface area contributed by atoms with Gasteiger partial charge in [-0.2, -0.15) is 0 Å². The lowest BCUT2D eigenvalue weighted by Crippen LogP contribution is -2.71. The van der Waals surface area contributed by atoms with E-state index in [0.29, 0.717) is 13.1 Å². The summed E-state index contributed by atoms with van der Waals surface area (Å²) in [6.07, 6.45) is 8.97. The topological polar surface area (TPSA) is 75.2 Å². The number of pyridine rings is 1. The second kappa shape index (κ2) is 10.7. The number of likely N-dealkylation sites (tertiary alicyclic amines) is 1. The van der Waals surface area contributed by atoms with Crippen molar-refractivity contribution in [1.29, 1.82) is 0 Å². The van der Waals surface area contributed by atoms with Crippen LogP contribution < -0.4 is 4.90 Å². The van der Waals surface area contributed by atoms with Gasteiger partial charge in [0.15, 0.2) is 0 Å². The second-order valence-electron chi connectivity index (χ2n) is 10.7. The Morgan fingerprint density at radius 1 is 0.971 bits per heavy atom. The normalized spacial score (nSPS) is 26.7. The highest BCUT2D eigenvalue weighted by molar-refractivity contribution is 5.79. The molecular formula is C26H39N4O4. The molecule has 1 radical (unpaired) electrons. The van der Waals surface area contributed by atoms with E-state index in [0.717, 1.165) is 70.5 Å². The fourth-order valence-corrected chi connectivity index (χ4v) is 5.33. The van der Waals surface area contributed by atoms with Gasteiger partial charge in [-0.05, 0) is 71.4 Å². The van der Waals surface area contributed by atoms with E-state index in [-0.39, 0.29) is 18.0 Å². The average molecular weight is 472 g/mol. The SMILES string of the molecule is CC(C)(C)OC(=O)C(O[C@H]1CC[C@H]([C]=O)CC1)(N1CCCC1)N1CCN(c2ccccn2)CC1. The van der Waals surface area contributed by atoms with Gasteiger partial charge in [-0.25, -0.2) is 14.7 Å². The summed E-state index contributed by atoms with van der Waals surface area (Å²) >= 11 is 0. The summed E-state index contributed by atoms with van der Waals surface area (Å²) in [5, 5.41) is 0. The molecule has 0 aromatic carbocycles. The number of hydrogen-bond donors (Lipinski definition) is 0. The van der Waals surface area contributed by atoms with Gasteiger partial charge in [0.2, 0.25) is 6.29 Å².